The van der Waals surface area contributed by atoms with Crippen molar-refractivity contribution < 1.29 is 15.3 Å². The summed E-state index contributed by atoms with van der Waals surface area (Å²) in [5.74, 6) is 0.113. The van der Waals surface area contributed by atoms with Gasteiger partial charge in [0.25, 0.3) is 0 Å². The van der Waals surface area contributed by atoms with Crippen molar-refractivity contribution in [2.24, 2.45) is 0 Å². The van der Waals surface area contributed by atoms with Gasteiger partial charge in [-0.25, -0.2) is 5.26 Å². The molecule has 2 N–H and O–H groups in total. The second-order valence-corrected chi connectivity index (χ2v) is 1.23. The zero-order valence-corrected chi connectivity index (χ0v) is 4.30. The molecule has 0 saturated heterocycles. The number of aliphatic hydroxyl groups is 1. The van der Waals surface area contributed by atoms with Crippen molar-refractivity contribution in [3.8, 4) is 0 Å². The fraction of sp³-hybridized carbons (Fsp3) is 0.500. The van der Waals surface area contributed by atoms with Crippen LogP contribution in [0.2, 0.25) is 0 Å². The third-order valence-electron chi connectivity index (χ3n) is 0.646. The van der Waals surface area contributed by atoms with Gasteiger partial charge in [0.15, 0.2) is 5.76 Å². The Morgan fingerprint density at radius 3 is 1.86 bits per heavy atom. The minimum atomic E-state index is -0.0116. The monoisotopic (exact) mass is 104 g/mol. The summed E-state index contributed by atoms with van der Waals surface area (Å²) in [5.41, 5.74) is 0. The first-order valence-electron chi connectivity index (χ1n) is 1.86. The van der Waals surface area contributed by atoms with E-state index in [9.17, 15) is 0 Å². The maximum atomic E-state index is 8.42. The first kappa shape index (κ1) is 6.30. The molecule has 0 aliphatic rings. The lowest BCUT2D eigenvalue weighted by Crippen LogP contribution is -1.84. The maximum absolute atomic E-state index is 8.42. The third-order valence-corrected chi connectivity index (χ3v) is 0.646. The van der Waals surface area contributed by atoms with Crippen LogP contribution in [0.1, 0.15) is 13.8 Å². The lowest BCUT2D eigenvalue weighted by molar-refractivity contribution is -0.205. The van der Waals surface area contributed by atoms with Gasteiger partial charge in [0, 0.05) is 6.92 Å². The molecule has 0 aromatic carbocycles. The van der Waals surface area contributed by atoms with Gasteiger partial charge in [0.2, 0.25) is 0 Å². The molecule has 0 aromatic rings. The molecular formula is C4H8O3. The molecule has 0 radical (unpaired) electrons. The van der Waals surface area contributed by atoms with E-state index in [2.05, 4.69) is 4.89 Å². The molecule has 0 aliphatic heterocycles. The minimum absolute atomic E-state index is 0.0116. The van der Waals surface area contributed by atoms with Crippen LogP contribution in [-0.4, -0.2) is 10.4 Å². The van der Waals surface area contributed by atoms with Gasteiger partial charge in [0.1, 0.15) is 5.76 Å². The van der Waals surface area contributed by atoms with E-state index >= 15 is 0 Å². The molecule has 0 rings (SSSR count). The summed E-state index contributed by atoms with van der Waals surface area (Å²) in [4.78, 5) is 3.64. The molecule has 0 heterocycles. The number of allylic oxidation sites excluding steroid dienone is 2. The van der Waals surface area contributed by atoms with Crippen LogP contribution in [0.4, 0.5) is 0 Å². The van der Waals surface area contributed by atoms with Crippen LogP contribution in [0, 0.1) is 0 Å². The molecule has 0 atom stereocenters. The predicted molar refractivity (Wildman–Crippen MR) is 24.7 cm³/mol. The highest BCUT2D eigenvalue weighted by atomic mass is 17.1. The van der Waals surface area contributed by atoms with E-state index < -0.39 is 0 Å². The zero-order chi connectivity index (χ0) is 5.86. The van der Waals surface area contributed by atoms with Gasteiger partial charge in [0.05, 0.1) is 0 Å². The van der Waals surface area contributed by atoms with Crippen LogP contribution in [0.5, 0.6) is 0 Å². The van der Waals surface area contributed by atoms with E-state index in [0.717, 1.165) is 0 Å². The van der Waals surface area contributed by atoms with Crippen LogP contribution in [0.15, 0.2) is 11.5 Å². The smallest absolute Gasteiger partial charge is 0.175 e. The topological polar surface area (TPSA) is 49.7 Å². The van der Waals surface area contributed by atoms with Crippen molar-refractivity contribution in [1.29, 1.82) is 0 Å². The summed E-state index contributed by atoms with van der Waals surface area (Å²) in [7, 11) is 0. The van der Waals surface area contributed by atoms with E-state index in [1.54, 1.807) is 0 Å². The molecular weight excluding hydrogens is 96.0 g/mol. The van der Waals surface area contributed by atoms with E-state index in [-0.39, 0.29) is 11.5 Å². The lowest BCUT2D eigenvalue weighted by atomic mass is 10.5. The number of hydrogen-bond donors (Lipinski definition) is 2. The molecule has 3 nitrogen and oxygen atoms in total. The molecule has 0 aliphatic carbocycles. The summed E-state index contributed by atoms with van der Waals surface area (Å²) in [5, 5.41) is 16.2. The summed E-state index contributed by atoms with van der Waals surface area (Å²) >= 11 is 0. The van der Waals surface area contributed by atoms with Crippen molar-refractivity contribution >= 4 is 0 Å². The highest BCUT2D eigenvalue weighted by Crippen LogP contribution is 1.96. The highest BCUT2D eigenvalue weighted by Gasteiger charge is 1.89. The Morgan fingerprint density at radius 1 is 1.43 bits per heavy atom. The molecule has 0 fully saturated rings. The second kappa shape index (κ2) is 2.47. The van der Waals surface area contributed by atoms with E-state index in [1.807, 2.05) is 0 Å². The van der Waals surface area contributed by atoms with Crippen molar-refractivity contribution in [1.82, 2.24) is 0 Å². The predicted octanol–water partition coefficient (Wildman–Crippen LogP) is 1.29. The van der Waals surface area contributed by atoms with E-state index in [0.29, 0.717) is 0 Å². The van der Waals surface area contributed by atoms with Crippen molar-refractivity contribution in [3.05, 3.63) is 11.5 Å². The van der Waals surface area contributed by atoms with Crippen molar-refractivity contribution in [2.75, 3.05) is 0 Å². The molecule has 0 saturated carbocycles. The van der Waals surface area contributed by atoms with Crippen LogP contribution >= 0.6 is 0 Å². The minimum Gasteiger partial charge on any atom is -0.509 e. The molecule has 0 unspecified atom stereocenters. The van der Waals surface area contributed by atoms with Crippen LogP contribution < -0.4 is 0 Å². The third kappa shape index (κ3) is 2.05. The van der Waals surface area contributed by atoms with Gasteiger partial charge in [-0.05, 0) is 6.92 Å². The van der Waals surface area contributed by atoms with E-state index in [4.69, 9.17) is 10.4 Å². The Hall–Kier alpha value is -0.700. The molecule has 0 bridgehead atoms. The first-order chi connectivity index (χ1) is 3.18. The van der Waals surface area contributed by atoms with Crippen LogP contribution in [-0.2, 0) is 4.89 Å². The van der Waals surface area contributed by atoms with Crippen molar-refractivity contribution in [2.45, 2.75) is 13.8 Å². The summed E-state index contributed by atoms with van der Waals surface area (Å²) < 4.78 is 0. The Bertz CT molecular complexity index is 80.9. The maximum Gasteiger partial charge on any atom is 0.175 e. The van der Waals surface area contributed by atoms with Gasteiger partial charge >= 0.3 is 0 Å². The van der Waals surface area contributed by atoms with Crippen LogP contribution in [0.25, 0.3) is 0 Å². The molecule has 7 heavy (non-hydrogen) atoms. The Balaban J connectivity index is 3.72. The highest BCUT2D eigenvalue weighted by molar-refractivity contribution is 4.90. The summed E-state index contributed by atoms with van der Waals surface area (Å²) in [6, 6.07) is 0. The van der Waals surface area contributed by atoms with E-state index in [1.165, 1.54) is 13.8 Å². The number of rotatable bonds is 1. The molecule has 0 spiro atoms. The molecule has 0 aromatic heterocycles. The SMILES string of the molecule is C/C(O)=C(\C)OO. The molecule has 3 heteroatoms. The lowest BCUT2D eigenvalue weighted by Gasteiger charge is -1.93. The zero-order valence-electron chi connectivity index (χ0n) is 4.30. The Morgan fingerprint density at radius 2 is 1.86 bits per heavy atom. The standard InChI is InChI=1S/C4H8O3/c1-3(5)4(2)7-6/h5-6H,1-2H3/b4-3-. The number of hydrogen-bond acceptors (Lipinski definition) is 3. The largest absolute Gasteiger partial charge is 0.509 e. The van der Waals surface area contributed by atoms with Crippen LogP contribution in [0.3, 0.4) is 0 Å². The van der Waals surface area contributed by atoms with Gasteiger partial charge in [-0.3, -0.25) is 0 Å². The second-order valence-electron chi connectivity index (χ2n) is 1.23. The average Bonchev–Trinajstić information content (AvgIpc) is 1.65. The quantitative estimate of drug-likeness (QED) is 0.299. The summed E-state index contributed by atoms with van der Waals surface area (Å²) in [6.07, 6.45) is 0. The van der Waals surface area contributed by atoms with Crippen molar-refractivity contribution in [3.63, 3.8) is 0 Å². The van der Waals surface area contributed by atoms with Gasteiger partial charge < -0.3 is 9.99 Å². The Labute approximate surface area is 41.8 Å². The molecule has 0 amide bonds. The van der Waals surface area contributed by atoms with Gasteiger partial charge in [-0.2, -0.15) is 0 Å². The average molecular weight is 104 g/mol. The Kier molecular flexibility index (Phi) is 2.22. The fourth-order valence-electron chi connectivity index (χ4n) is 0.0661. The summed E-state index contributed by atoms with van der Waals surface area (Å²) in [6.45, 7) is 2.88. The normalized spacial score (nSPS) is 13.0. The van der Waals surface area contributed by atoms with Gasteiger partial charge in [-0.1, -0.05) is 0 Å². The number of aliphatic hydroxyl groups excluding tert-OH is 1. The fourth-order valence-corrected chi connectivity index (χ4v) is 0.0661. The first-order valence-corrected chi connectivity index (χ1v) is 1.86. The molecule has 42 valence electrons. The van der Waals surface area contributed by atoms with Gasteiger partial charge in [-0.15, -0.1) is 0 Å².